The van der Waals surface area contributed by atoms with Crippen molar-refractivity contribution in [2.24, 2.45) is 0 Å². The van der Waals surface area contributed by atoms with Gasteiger partial charge in [-0.2, -0.15) is 0 Å². The van der Waals surface area contributed by atoms with Gasteiger partial charge < -0.3 is 14.8 Å². The van der Waals surface area contributed by atoms with E-state index in [2.05, 4.69) is 5.32 Å². The monoisotopic (exact) mass is 459 g/mol. The number of carbonyl (C=O) groups is 4. The second-order valence-corrected chi connectivity index (χ2v) is 7.17. The summed E-state index contributed by atoms with van der Waals surface area (Å²) in [5, 5.41) is 2.64. The Morgan fingerprint density at radius 2 is 1.47 bits per heavy atom. The lowest BCUT2D eigenvalue weighted by atomic mass is 10.2. The highest BCUT2D eigenvalue weighted by atomic mass is 16.5. The van der Waals surface area contributed by atoms with Crippen LogP contribution in [-0.2, 0) is 14.4 Å². The Bertz CT molecular complexity index is 1240. The molecule has 0 unspecified atom stereocenters. The van der Waals surface area contributed by atoms with E-state index < -0.39 is 30.3 Å². The molecule has 9 heteroatoms. The Morgan fingerprint density at radius 3 is 2.21 bits per heavy atom. The molecule has 1 fully saturated rings. The number of nitrogens with one attached hydrogen (secondary N) is 1. The summed E-state index contributed by atoms with van der Waals surface area (Å²) in [6.07, 6.45) is 0. The van der Waals surface area contributed by atoms with Crippen molar-refractivity contribution in [1.82, 2.24) is 4.90 Å². The number of carbonyl (C=O) groups excluding carboxylic acids is 4. The van der Waals surface area contributed by atoms with E-state index in [1.807, 2.05) is 18.2 Å². The highest BCUT2D eigenvalue weighted by molar-refractivity contribution is 6.53. The summed E-state index contributed by atoms with van der Waals surface area (Å²) >= 11 is 0. The maximum atomic E-state index is 12.9. The minimum absolute atomic E-state index is 0.136. The number of anilines is 2. The fourth-order valence-corrected chi connectivity index (χ4v) is 3.38. The van der Waals surface area contributed by atoms with Crippen LogP contribution in [0, 0.1) is 0 Å². The number of nitrogens with zero attached hydrogens (tertiary/aromatic N) is 2. The van der Waals surface area contributed by atoms with Gasteiger partial charge in [0, 0.05) is 0 Å². The lowest BCUT2D eigenvalue weighted by molar-refractivity contribution is -0.140. The lowest BCUT2D eigenvalue weighted by Gasteiger charge is -2.18. The number of ether oxygens (including phenoxy) is 2. The van der Waals surface area contributed by atoms with Crippen molar-refractivity contribution in [2.75, 3.05) is 23.4 Å². The Balaban J connectivity index is 1.50. The van der Waals surface area contributed by atoms with Gasteiger partial charge in [0.2, 0.25) is 5.91 Å². The number of imide groups is 2. The maximum absolute atomic E-state index is 12.9. The number of amides is 5. The van der Waals surface area contributed by atoms with Crippen LogP contribution in [0.2, 0.25) is 0 Å². The molecule has 1 saturated heterocycles. The molecule has 0 atom stereocenters. The predicted molar refractivity (Wildman–Crippen MR) is 124 cm³/mol. The second kappa shape index (κ2) is 9.86. The third kappa shape index (κ3) is 4.58. The van der Waals surface area contributed by atoms with Crippen LogP contribution in [0.3, 0.4) is 0 Å². The van der Waals surface area contributed by atoms with Crippen LogP contribution >= 0.6 is 0 Å². The molecule has 4 rings (SSSR count). The molecule has 0 saturated carbocycles. The molecule has 5 amide bonds. The number of benzene rings is 3. The Hall–Kier alpha value is -4.66. The summed E-state index contributed by atoms with van der Waals surface area (Å²) in [6, 6.07) is 21.2. The van der Waals surface area contributed by atoms with E-state index in [1.165, 1.54) is 6.07 Å². The summed E-state index contributed by atoms with van der Waals surface area (Å²) in [4.78, 5) is 52.1. The zero-order valence-electron chi connectivity index (χ0n) is 18.3. The van der Waals surface area contributed by atoms with Crippen LogP contribution in [0.15, 0.2) is 78.9 Å². The molecule has 0 bridgehead atoms. The second-order valence-electron chi connectivity index (χ2n) is 7.17. The Morgan fingerprint density at radius 1 is 0.824 bits per heavy atom. The van der Waals surface area contributed by atoms with E-state index in [0.717, 1.165) is 0 Å². The van der Waals surface area contributed by atoms with Gasteiger partial charge in [-0.3, -0.25) is 14.4 Å². The molecule has 34 heavy (non-hydrogen) atoms. The molecule has 0 radical (unpaired) electrons. The standard InChI is InChI=1S/C25H21N3O6/c1-2-33-21-15-9-7-13-19(21)28-24(31)23(30)27(25(28)32)16-22(29)26-18-12-6-8-14-20(18)34-17-10-4-3-5-11-17/h3-15H,2,16H2,1H3,(H,26,29). The summed E-state index contributed by atoms with van der Waals surface area (Å²) < 4.78 is 11.3. The highest BCUT2D eigenvalue weighted by Gasteiger charge is 2.47. The van der Waals surface area contributed by atoms with Crippen LogP contribution in [0.4, 0.5) is 16.2 Å². The molecule has 3 aromatic carbocycles. The largest absolute Gasteiger partial charge is 0.492 e. The number of urea groups is 1. The van der Waals surface area contributed by atoms with Gasteiger partial charge in [0.05, 0.1) is 18.0 Å². The van der Waals surface area contributed by atoms with Crippen molar-refractivity contribution < 1.29 is 28.7 Å². The zero-order chi connectivity index (χ0) is 24.1. The number of rotatable bonds is 8. The normalized spacial score (nSPS) is 13.3. The molecule has 1 N–H and O–H groups in total. The topological polar surface area (TPSA) is 105 Å². The molecule has 0 aliphatic carbocycles. The number of hydrogen-bond acceptors (Lipinski definition) is 6. The van der Waals surface area contributed by atoms with Crippen molar-refractivity contribution in [3.8, 4) is 17.2 Å². The molecule has 0 aromatic heterocycles. The van der Waals surface area contributed by atoms with E-state index in [-0.39, 0.29) is 11.4 Å². The van der Waals surface area contributed by atoms with Crippen molar-refractivity contribution in [1.29, 1.82) is 0 Å². The quantitative estimate of drug-likeness (QED) is 0.406. The van der Waals surface area contributed by atoms with Gasteiger partial charge in [-0.15, -0.1) is 0 Å². The average Bonchev–Trinajstić information content (AvgIpc) is 3.05. The molecule has 1 heterocycles. The van der Waals surface area contributed by atoms with Crippen molar-refractivity contribution >= 4 is 35.1 Å². The summed E-state index contributed by atoms with van der Waals surface area (Å²) in [7, 11) is 0. The summed E-state index contributed by atoms with van der Waals surface area (Å²) in [5.41, 5.74) is 0.484. The Kier molecular flexibility index (Phi) is 6.54. The minimum Gasteiger partial charge on any atom is -0.492 e. The van der Waals surface area contributed by atoms with E-state index in [0.29, 0.717) is 33.6 Å². The fourth-order valence-electron chi connectivity index (χ4n) is 3.38. The van der Waals surface area contributed by atoms with E-state index in [4.69, 9.17) is 9.47 Å². The van der Waals surface area contributed by atoms with E-state index in [9.17, 15) is 19.2 Å². The first kappa shape index (κ1) is 22.5. The van der Waals surface area contributed by atoms with Gasteiger partial charge in [0.15, 0.2) is 5.75 Å². The average molecular weight is 459 g/mol. The molecule has 3 aromatic rings. The van der Waals surface area contributed by atoms with Crippen LogP contribution in [0.1, 0.15) is 6.92 Å². The third-order valence-corrected chi connectivity index (χ3v) is 4.89. The van der Waals surface area contributed by atoms with Crippen LogP contribution < -0.4 is 19.7 Å². The first-order valence-electron chi connectivity index (χ1n) is 10.5. The van der Waals surface area contributed by atoms with Gasteiger partial charge >= 0.3 is 17.8 Å². The lowest BCUT2D eigenvalue weighted by Crippen LogP contribution is -2.39. The summed E-state index contributed by atoms with van der Waals surface area (Å²) in [5.74, 6) is -1.60. The van der Waals surface area contributed by atoms with Crippen molar-refractivity contribution in [3.63, 3.8) is 0 Å². The summed E-state index contributed by atoms with van der Waals surface area (Å²) in [6.45, 7) is 1.42. The van der Waals surface area contributed by atoms with Crippen LogP contribution in [0.25, 0.3) is 0 Å². The van der Waals surface area contributed by atoms with Crippen molar-refractivity contribution in [3.05, 3.63) is 78.9 Å². The molecule has 0 spiro atoms. The van der Waals surface area contributed by atoms with E-state index >= 15 is 0 Å². The molecule has 1 aliphatic rings. The number of para-hydroxylation sites is 5. The molecule has 172 valence electrons. The zero-order valence-corrected chi connectivity index (χ0v) is 18.3. The number of hydrogen-bond donors (Lipinski definition) is 1. The fraction of sp³-hybridized carbons (Fsp3) is 0.120. The van der Waals surface area contributed by atoms with Gasteiger partial charge in [-0.1, -0.05) is 42.5 Å². The Labute approximate surface area is 195 Å². The smallest absolute Gasteiger partial charge is 0.339 e. The predicted octanol–water partition coefficient (Wildman–Crippen LogP) is 3.81. The SMILES string of the molecule is CCOc1ccccc1N1C(=O)C(=O)N(CC(=O)Nc2ccccc2Oc2ccccc2)C1=O. The molecule has 9 nitrogen and oxygen atoms in total. The van der Waals surface area contributed by atoms with Gasteiger partial charge in [-0.25, -0.2) is 14.6 Å². The van der Waals surface area contributed by atoms with E-state index in [1.54, 1.807) is 61.5 Å². The highest BCUT2D eigenvalue weighted by Crippen LogP contribution is 2.32. The molecule has 1 aliphatic heterocycles. The molecular weight excluding hydrogens is 438 g/mol. The van der Waals surface area contributed by atoms with Crippen molar-refractivity contribution in [2.45, 2.75) is 6.92 Å². The van der Waals surface area contributed by atoms with Gasteiger partial charge in [-0.05, 0) is 43.3 Å². The first-order valence-corrected chi connectivity index (χ1v) is 10.5. The maximum Gasteiger partial charge on any atom is 0.339 e. The third-order valence-electron chi connectivity index (χ3n) is 4.89. The van der Waals surface area contributed by atoms with Gasteiger partial charge in [0.1, 0.15) is 18.0 Å². The minimum atomic E-state index is -1.10. The van der Waals surface area contributed by atoms with Gasteiger partial charge in [0.25, 0.3) is 0 Å². The van der Waals surface area contributed by atoms with Crippen LogP contribution in [-0.4, -0.2) is 41.8 Å². The first-order chi connectivity index (χ1) is 16.5. The molecular formula is C25H21N3O6. The van der Waals surface area contributed by atoms with Crippen LogP contribution in [0.5, 0.6) is 17.2 Å².